The molecule has 4 unspecified atom stereocenters. The van der Waals surface area contributed by atoms with Crippen molar-refractivity contribution < 1.29 is 4.79 Å². The molecule has 4 atom stereocenters. The molecule has 0 aromatic heterocycles. The average molecular weight is 329 g/mol. The van der Waals surface area contributed by atoms with Gasteiger partial charge < -0.3 is 10.6 Å². The number of rotatable bonds is 3. The van der Waals surface area contributed by atoms with E-state index in [1.54, 1.807) is 0 Å². The molecule has 2 aliphatic heterocycles. The number of nitrogens with one attached hydrogen (secondary N) is 2. The van der Waals surface area contributed by atoms with Crippen molar-refractivity contribution >= 4 is 18.3 Å². The molecule has 1 aliphatic carbocycles. The Hall–Kier alpha value is -0.280. The second-order valence-electron chi connectivity index (χ2n) is 8.86. The zero-order chi connectivity index (χ0) is 15.0. The maximum atomic E-state index is 12.4. The monoisotopic (exact) mass is 328 g/mol. The van der Waals surface area contributed by atoms with E-state index in [1.165, 1.54) is 32.1 Å². The van der Waals surface area contributed by atoms with Gasteiger partial charge in [0.15, 0.2) is 0 Å². The van der Waals surface area contributed by atoms with Crippen LogP contribution in [0.5, 0.6) is 0 Å². The van der Waals surface area contributed by atoms with E-state index in [1.807, 2.05) is 0 Å². The van der Waals surface area contributed by atoms with Crippen molar-refractivity contribution in [3.8, 4) is 0 Å². The number of piperidine rings is 1. The van der Waals surface area contributed by atoms with Crippen LogP contribution in [-0.4, -0.2) is 24.0 Å². The summed E-state index contributed by atoms with van der Waals surface area (Å²) in [7, 11) is 0. The highest BCUT2D eigenvalue weighted by Gasteiger charge is 2.36. The van der Waals surface area contributed by atoms with Gasteiger partial charge in [0.05, 0.1) is 0 Å². The van der Waals surface area contributed by atoms with Gasteiger partial charge in [-0.15, -0.1) is 12.4 Å². The lowest BCUT2D eigenvalue weighted by atomic mass is 9.67. The molecule has 0 radical (unpaired) electrons. The van der Waals surface area contributed by atoms with Crippen LogP contribution in [-0.2, 0) is 4.79 Å². The van der Waals surface area contributed by atoms with Crippen molar-refractivity contribution in [3.05, 3.63) is 0 Å². The molecular formula is C18H33ClN2O. The first-order valence-corrected chi connectivity index (χ1v) is 8.95. The third kappa shape index (κ3) is 4.61. The van der Waals surface area contributed by atoms with E-state index in [9.17, 15) is 4.79 Å². The summed E-state index contributed by atoms with van der Waals surface area (Å²) in [5, 5.41) is 6.97. The van der Waals surface area contributed by atoms with E-state index in [0.29, 0.717) is 35.4 Å². The van der Waals surface area contributed by atoms with Crippen LogP contribution in [0.25, 0.3) is 0 Å². The summed E-state index contributed by atoms with van der Waals surface area (Å²) in [6, 6.07) is 1.73. The zero-order valence-electron chi connectivity index (χ0n) is 14.4. The molecule has 3 nitrogen and oxygen atoms in total. The van der Waals surface area contributed by atoms with E-state index in [0.717, 1.165) is 25.2 Å². The fraction of sp³-hybridized carbons (Fsp3) is 0.944. The largest absolute Gasteiger partial charge is 0.353 e. The Morgan fingerprint density at radius 1 is 1.14 bits per heavy atom. The zero-order valence-corrected chi connectivity index (χ0v) is 15.2. The first kappa shape index (κ1) is 18.1. The predicted octanol–water partition coefficient (Wildman–Crippen LogP) is 3.66. The minimum Gasteiger partial charge on any atom is -0.353 e. The van der Waals surface area contributed by atoms with Gasteiger partial charge in [-0.05, 0) is 62.2 Å². The lowest BCUT2D eigenvalue weighted by Crippen LogP contribution is -2.48. The van der Waals surface area contributed by atoms with Gasteiger partial charge in [0.1, 0.15) is 0 Å². The van der Waals surface area contributed by atoms with Gasteiger partial charge >= 0.3 is 0 Å². The number of carbonyl (C=O) groups excluding carboxylic acids is 1. The van der Waals surface area contributed by atoms with Crippen molar-refractivity contribution in [1.82, 2.24) is 10.6 Å². The summed E-state index contributed by atoms with van der Waals surface area (Å²) in [5.74, 6) is 1.65. The molecule has 128 valence electrons. The maximum absolute atomic E-state index is 12.4. The van der Waals surface area contributed by atoms with E-state index in [-0.39, 0.29) is 12.4 Å². The topological polar surface area (TPSA) is 41.1 Å². The van der Waals surface area contributed by atoms with Crippen molar-refractivity contribution in [2.75, 3.05) is 0 Å². The number of hydrogen-bond acceptors (Lipinski definition) is 2. The van der Waals surface area contributed by atoms with E-state index < -0.39 is 0 Å². The Kier molecular flexibility index (Phi) is 5.82. The van der Waals surface area contributed by atoms with Crippen LogP contribution in [0.1, 0.15) is 72.1 Å². The SMILES string of the molecule is CC1CC(CC(=O)NC2CC3CCC(C2)N3)CC(C)(C)C1.Cl. The van der Waals surface area contributed by atoms with Crippen molar-refractivity contribution in [2.24, 2.45) is 17.3 Å². The molecule has 1 amide bonds. The minimum atomic E-state index is 0. The molecule has 2 saturated heterocycles. The molecule has 3 fully saturated rings. The van der Waals surface area contributed by atoms with Crippen molar-refractivity contribution in [1.29, 1.82) is 0 Å². The first-order valence-electron chi connectivity index (χ1n) is 8.95. The van der Waals surface area contributed by atoms with Crippen molar-refractivity contribution in [2.45, 2.75) is 90.3 Å². The van der Waals surface area contributed by atoms with E-state index in [2.05, 4.69) is 31.4 Å². The molecule has 3 rings (SSSR count). The maximum Gasteiger partial charge on any atom is 0.220 e. The third-order valence-corrected chi connectivity index (χ3v) is 5.79. The average Bonchev–Trinajstić information content (AvgIpc) is 2.65. The fourth-order valence-electron chi connectivity index (χ4n) is 5.42. The van der Waals surface area contributed by atoms with Gasteiger partial charge in [-0.2, -0.15) is 0 Å². The number of amides is 1. The van der Waals surface area contributed by atoms with Gasteiger partial charge in [-0.25, -0.2) is 0 Å². The van der Waals surface area contributed by atoms with Gasteiger partial charge in [0, 0.05) is 24.5 Å². The second kappa shape index (κ2) is 7.09. The fourth-order valence-corrected chi connectivity index (χ4v) is 5.42. The van der Waals surface area contributed by atoms with Crippen LogP contribution >= 0.6 is 12.4 Å². The standard InChI is InChI=1S/C18H32N2O.ClH/c1-12-6-13(11-18(2,3)10-12)7-17(21)20-16-8-14-4-5-15(9-16)19-14;/h12-16,19H,4-11H2,1-3H3,(H,20,21);1H. The molecule has 2 heterocycles. The molecule has 1 saturated carbocycles. The molecule has 0 aromatic rings. The molecular weight excluding hydrogens is 296 g/mol. The Morgan fingerprint density at radius 3 is 2.36 bits per heavy atom. The van der Waals surface area contributed by atoms with Crippen LogP contribution in [0.4, 0.5) is 0 Å². The number of hydrogen-bond donors (Lipinski definition) is 2. The summed E-state index contributed by atoms with van der Waals surface area (Å²) in [6.45, 7) is 7.06. The number of carbonyl (C=O) groups is 1. The molecule has 0 spiro atoms. The smallest absolute Gasteiger partial charge is 0.220 e. The molecule has 2 bridgehead atoms. The summed E-state index contributed by atoms with van der Waals surface area (Å²) in [5.41, 5.74) is 0.413. The Bertz CT molecular complexity index is 387. The molecule has 4 heteroatoms. The predicted molar refractivity (Wildman–Crippen MR) is 93.3 cm³/mol. The Morgan fingerprint density at radius 2 is 1.77 bits per heavy atom. The van der Waals surface area contributed by atoms with Crippen molar-refractivity contribution in [3.63, 3.8) is 0 Å². The highest BCUT2D eigenvalue weighted by Crippen LogP contribution is 2.42. The summed E-state index contributed by atoms with van der Waals surface area (Å²) < 4.78 is 0. The Balaban J connectivity index is 0.00000176. The van der Waals surface area contributed by atoms with E-state index >= 15 is 0 Å². The lowest BCUT2D eigenvalue weighted by molar-refractivity contribution is -0.123. The highest BCUT2D eigenvalue weighted by atomic mass is 35.5. The summed E-state index contributed by atoms with van der Waals surface area (Å²) in [4.78, 5) is 12.4. The van der Waals surface area contributed by atoms with Crippen LogP contribution in [0.3, 0.4) is 0 Å². The minimum absolute atomic E-state index is 0. The normalized spacial score (nSPS) is 39.9. The van der Waals surface area contributed by atoms with Gasteiger partial charge in [0.25, 0.3) is 0 Å². The molecule has 2 N–H and O–H groups in total. The van der Waals surface area contributed by atoms with Crippen LogP contribution < -0.4 is 10.6 Å². The quantitative estimate of drug-likeness (QED) is 0.830. The first-order chi connectivity index (χ1) is 9.89. The Labute approximate surface area is 141 Å². The number of halogens is 1. The van der Waals surface area contributed by atoms with E-state index in [4.69, 9.17) is 0 Å². The van der Waals surface area contributed by atoms with Crippen LogP contribution in [0, 0.1) is 17.3 Å². The second-order valence-corrected chi connectivity index (χ2v) is 8.86. The third-order valence-electron chi connectivity index (χ3n) is 5.79. The van der Waals surface area contributed by atoms with Crippen LogP contribution in [0.15, 0.2) is 0 Å². The highest BCUT2D eigenvalue weighted by molar-refractivity contribution is 5.85. The summed E-state index contributed by atoms with van der Waals surface area (Å²) >= 11 is 0. The lowest BCUT2D eigenvalue weighted by Gasteiger charge is -2.39. The summed E-state index contributed by atoms with van der Waals surface area (Å²) in [6.07, 6.45) is 9.35. The van der Waals surface area contributed by atoms with Crippen LogP contribution in [0.2, 0.25) is 0 Å². The molecule has 0 aromatic carbocycles. The van der Waals surface area contributed by atoms with Gasteiger partial charge in [-0.1, -0.05) is 20.8 Å². The number of fused-ring (bicyclic) bond motifs is 2. The molecule has 22 heavy (non-hydrogen) atoms. The molecule has 3 aliphatic rings. The van der Waals surface area contributed by atoms with Gasteiger partial charge in [0.2, 0.25) is 5.91 Å². The van der Waals surface area contributed by atoms with Gasteiger partial charge in [-0.3, -0.25) is 4.79 Å².